The number of carbonyl (C=O) groups excluding carboxylic acids is 1. The van der Waals surface area contributed by atoms with E-state index in [1.54, 1.807) is 18.1 Å². The highest BCUT2D eigenvalue weighted by molar-refractivity contribution is 5.91. The molecule has 3 rings (SSSR count). The summed E-state index contributed by atoms with van der Waals surface area (Å²) in [5.74, 6) is 0.637. The molecule has 7 heteroatoms. The van der Waals surface area contributed by atoms with Crippen molar-refractivity contribution in [3.8, 4) is 5.75 Å². The van der Waals surface area contributed by atoms with Crippen LogP contribution in [0.4, 0.5) is 13.2 Å². The molecule has 0 aliphatic carbocycles. The normalized spacial score (nSPS) is 15.9. The van der Waals surface area contributed by atoms with E-state index >= 15 is 0 Å². The maximum absolute atomic E-state index is 12.8. The molecule has 1 heterocycles. The minimum atomic E-state index is -4.40. The monoisotopic (exact) mass is 418 g/mol. The number of alkyl halides is 3. The van der Waals surface area contributed by atoms with Gasteiger partial charge in [0.2, 0.25) is 5.91 Å². The fourth-order valence-electron chi connectivity index (χ4n) is 3.43. The van der Waals surface area contributed by atoms with Crippen LogP contribution in [0.1, 0.15) is 23.1 Å². The predicted molar refractivity (Wildman–Crippen MR) is 110 cm³/mol. The molecular weight excluding hydrogens is 393 g/mol. The average Bonchev–Trinajstić information content (AvgIpc) is 2.98. The minimum Gasteiger partial charge on any atom is -0.497 e. The molecular formula is C23H25F3N2O2. The molecule has 2 aromatic carbocycles. The number of methoxy groups -OCH3 is 1. The van der Waals surface area contributed by atoms with Gasteiger partial charge >= 0.3 is 6.18 Å². The van der Waals surface area contributed by atoms with E-state index in [9.17, 15) is 18.0 Å². The summed E-state index contributed by atoms with van der Waals surface area (Å²) in [4.78, 5) is 16.6. The van der Waals surface area contributed by atoms with Crippen LogP contribution < -0.4 is 4.74 Å². The van der Waals surface area contributed by atoms with Gasteiger partial charge in [-0.25, -0.2) is 0 Å². The van der Waals surface area contributed by atoms with E-state index in [0.29, 0.717) is 18.7 Å². The zero-order valence-corrected chi connectivity index (χ0v) is 16.9. The summed E-state index contributed by atoms with van der Waals surface area (Å²) in [5.41, 5.74) is 0.815. The molecule has 0 radical (unpaired) electrons. The Morgan fingerprint density at radius 1 is 1.07 bits per heavy atom. The van der Waals surface area contributed by atoms with E-state index in [4.69, 9.17) is 4.74 Å². The summed E-state index contributed by atoms with van der Waals surface area (Å²) in [6.07, 6.45) is -0.752. The number of hydrogen-bond acceptors (Lipinski definition) is 3. The second-order valence-corrected chi connectivity index (χ2v) is 7.26. The summed E-state index contributed by atoms with van der Waals surface area (Å²) in [7, 11) is 1.64. The Morgan fingerprint density at radius 2 is 1.83 bits per heavy atom. The molecule has 2 aromatic rings. The number of hydrogen-bond donors (Lipinski definition) is 0. The number of amides is 1. The first-order valence-electron chi connectivity index (χ1n) is 9.85. The van der Waals surface area contributed by atoms with Gasteiger partial charge in [0.25, 0.3) is 0 Å². The summed E-state index contributed by atoms with van der Waals surface area (Å²) < 4.78 is 43.6. The molecule has 0 atom stereocenters. The second-order valence-electron chi connectivity index (χ2n) is 7.26. The van der Waals surface area contributed by atoms with Gasteiger partial charge in [-0.15, -0.1) is 0 Å². The summed E-state index contributed by atoms with van der Waals surface area (Å²) >= 11 is 0. The van der Waals surface area contributed by atoms with E-state index in [2.05, 4.69) is 4.90 Å². The smallest absolute Gasteiger partial charge is 0.416 e. The Bertz CT molecular complexity index is 879. The van der Waals surface area contributed by atoms with Crippen LogP contribution in [0.15, 0.2) is 54.6 Å². The van der Waals surface area contributed by atoms with E-state index in [1.165, 1.54) is 23.8 Å². The van der Waals surface area contributed by atoms with Gasteiger partial charge < -0.3 is 9.64 Å². The number of nitrogens with zero attached hydrogens (tertiary/aromatic N) is 2. The van der Waals surface area contributed by atoms with Crippen molar-refractivity contribution in [1.82, 2.24) is 9.80 Å². The van der Waals surface area contributed by atoms with Crippen LogP contribution in [0.25, 0.3) is 6.08 Å². The zero-order valence-electron chi connectivity index (χ0n) is 16.9. The minimum absolute atomic E-state index is 0.182. The maximum Gasteiger partial charge on any atom is 0.416 e. The Morgan fingerprint density at radius 3 is 2.53 bits per heavy atom. The molecule has 1 saturated heterocycles. The SMILES string of the molecule is COc1ccc(CN2CCCN(C(=O)/C=C/c3cccc(C(F)(F)F)c3)CC2)cc1. The van der Waals surface area contributed by atoms with Gasteiger partial charge in [0, 0.05) is 38.8 Å². The lowest BCUT2D eigenvalue weighted by molar-refractivity contribution is -0.137. The van der Waals surface area contributed by atoms with Crippen molar-refractivity contribution < 1.29 is 22.7 Å². The van der Waals surface area contributed by atoms with Crippen molar-refractivity contribution in [1.29, 1.82) is 0 Å². The lowest BCUT2D eigenvalue weighted by atomic mass is 10.1. The van der Waals surface area contributed by atoms with Crippen LogP contribution in [0.3, 0.4) is 0 Å². The van der Waals surface area contributed by atoms with Crippen LogP contribution >= 0.6 is 0 Å². The van der Waals surface area contributed by atoms with Gasteiger partial charge in [-0.2, -0.15) is 13.2 Å². The van der Waals surface area contributed by atoms with Gasteiger partial charge in [-0.1, -0.05) is 24.3 Å². The Kier molecular flexibility index (Phi) is 7.15. The molecule has 0 bridgehead atoms. The van der Waals surface area contributed by atoms with Crippen molar-refractivity contribution in [2.75, 3.05) is 33.3 Å². The highest BCUT2D eigenvalue weighted by Gasteiger charge is 2.30. The fraction of sp³-hybridized carbons (Fsp3) is 0.348. The summed E-state index contributed by atoms with van der Waals surface area (Å²) in [6.45, 7) is 3.64. The van der Waals surface area contributed by atoms with Gasteiger partial charge in [-0.05, 0) is 47.9 Å². The first-order valence-corrected chi connectivity index (χ1v) is 9.85. The zero-order chi connectivity index (χ0) is 21.6. The lowest BCUT2D eigenvalue weighted by Gasteiger charge is -2.21. The van der Waals surface area contributed by atoms with E-state index in [1.807, 2.05) is 24.3 Å². The van der Waals surface area contributed by atoms with Crippen LogP contribution in [0.2, 0.25) is 0 Å². The molecule has 0 N–H and O–H groups in total. The molecule has 160 valence electrons. The number of ether oxygens (including phenoxy) is 1. The molecule has 0 unspecified atom stereocenters. The van der Waals surface area contributed by atoms with Crippen LogP contribution in [-0.4, -0.2) is 49.0 Å². The van der Waals surface area contributed by atoms with Crippen LogP contribution in [-0.2, 0) is 17.5 Å². The van der Waals surface area contributed by atoms with Crippen molar-refractivity contribution in [2.45, 2.75) is 19.1 Å². The Balaban J connectivity index is 1.55. The summed E-state index contributed by atoms with van der Waals surface area (Å²) in [5, 5.41) is 0. The number of halogens is 3. The number of benzene rings is 2. The van der Waals surface area contributed by atoms with E-state index in [0.717, 1.165) is 43.9 Å². The van der Waals surface area contributed by atoms with Crippen LogP contribution in [0.5, 0.6) is 5.75 Å². The van der Waals surface area contributed by atoms with Gasteiger partial charge in [-0.3, -0.25) is 9.69 Å². The van der Waals surface area contributed by atoms with Gasteiger partial charge in [0.1, 0.15) is 5.75 Å². The molecule has 4 nitrogen and oxygen atoms in total. The van der Waals surface area contributed by atoms with Crippen molar-refractivity contribution in [3.05, 3.63) is 71.3 Å². The topological polar surface area (TPSA) is 32.8 Å². The molecule has 1 fully saturated rings. The van der Waals surface area contributed by atoms with E-state index in [-0.39, 0.29) is 5.91 Å². The molecule has 1 aliphatic rings. The maximum atomic E-state index is 12.8. The lowest BCUT2D eigenvalue weighted by Crippen LogP contribution is -2.34. The molecule has 0 aromatic heterocycles. The highest BCUT2D eigenvalue weighted by atomic mass is 19.4. The highest BCUT2D eigenvalue weighted by Crippen LogP contribution is 2.29. The van der Waals surface area contributed by atoms with E-state index < -0.39 is 11.7 Å². The standard InChI is InChI=1S/C23H25F3N2O2/c1-30-21-9-6-19(7-10-21)17-27-12-3-13-28(15-14-27)22(29)11-8-18-4-2-5-20(16-18)23(24,25)26/h2,4-11,16H,3,12-15,17H2,1H3/b11-8+. The third-order valence-corrected chi connectivity index (χ3v) is 5.10. The average molecular weight is 418 g/mol. The fourth-order valence-corrected chi connectivity index (χ4v) is 3.43. The first-order chi connectivity index (χ1) is 14.3. The second kappa shape index (κ2) is 9.80. The van der Waals surface area contributed by atoms with Gasteiger partial charge in [0.15, 0.2) is 0 Å². The number of carbonyl (C=O) groups is 1. The predicted octanol–water partition coefficient (Wildman–Crippen LogP) is 4.46. The largest absolute Gasteiger partial charge is 0.497 e. The molecule has 0 saturated carbocycles. The number of rotatable bonds is 5. The molecule has 1 aliphatic heterocycles. The van der Waals surface area contributed by atoms with Crippen molar-refractivity contribution in [3.63, 3.8) is 0 Å². The van der Waals surface area contributed by atoms with Crippen molar-refractivity contribution >= 4 is 12.0 Å². The molecule has 30 heavy (non-hydrogen) atoms. The summed E-state index contributed by atoms with van der Waals surface area (Å²) in [6, 6.07) is 12.9. The first kappa shape index (κ1) is 21.9. The molecule has 1 amide bonds. The molecule has 0 spiro atoms. The Labute approximate surface area is 174 Å². The third kappa shape index (κ3) is 6.10. The quantitative estimate of drug-likeness (QED) is 0.672. The Hall–Kier alpha value is -2.80. The van der Waals surface area contributed by atoms with Gasteiger partial charge in [0.05, 0.1) is 12.7 Å². The van der Waals surface area contributed by atoms with Crippen molar-refractivity contribution in [2.24, 2.45) is 0 Å². The third-order valence-electron chi connectivity index (χ3n) is 5.10. The van der Waals surface area contributed by atoms with Crippen LogP contribution in [0, 0.1) is 0 Å².